The Bertz CT molecular complexity index is 674. The van der Waals surface area contributed by atoms with Crippen molar-refractivity contribution in [2.75, 3.05) is 26.1 Å². The molecular weight excluding hydrogens is 308 g/mol. The third kappa shape index (κ3) is 4.58. The Hall–Kier alpha value is -2.83. The summed E-state index contributed by atoms with van der Waals surface area (Å²) in [6.45, 7) is 2.71. The van der Waals surface area contributed by atoms with E-state index >= 15 is 0 Å². The predicted octanol–water partition coefficient (Wildman–Crippen LogP) is 2.77. The molecule has 0 saturated heterocycles. The number of rotatable bonds is 8. The van der Waals surface area contributed by atoms with Crippen LogP contribution in [0.2, 0.25) is 0 Å². The first kappa shape index (κ1) is 17.5. The lowest BCUT2D eigenvalue weighted by Crippen LogP contribution is -2.25. The zero-order valence-electron chi connectivity index (χ0n) is 14.1. The van der Waals surface area contributed by atoms with E-state index in [0.29, 0.717) is 29.6 Å². The number of hydrogen-bond acceptors (Lipinski definition) is 6. The fourth-order valence-electron chi connectivity index (χ4n) is 2.05. The SMILES string of the molecule is CCCCNC(=O)c1ccc(Nc2ccc(OC)c(OC)c2)nn1. The van der Waals surface area contributed by atoms with Crippen LogP contribution in [0.5, 0.6) is 11.5 Å². The van der Waals surface area contributed by atoms with E-state index in [0.717, 1.165) is 18.5 Å². The van der Waals surface area contributed by atoms with E-state index in [4.69, 9.17) is 9.47 Å². The summed E-state index contributed by atoms with van der Waals surface area (Å²) in [4.78, 5) is 11.9. The molecule has 0 unspecified atom stereocenters. The average molecular weight is 330 g/mol. The first-order valence-corrected chi connectivity index (χ1v) is 7.79. The van der Waals surface area contributed by atoms with Crippen molar-refractivity contribution in [3.63, 3.8) is 0 Å². The number of carbonyl (C=O) groups excluding carboxylic acids is 1. The summed E-state index contributed by atoms with van der Waals surface area (Å²) >= 11 is 0. The molecule has 1 heterocycles. The number of nitrogens with one attached hydrogen (secondary N) is 2. The zero-order chi connectivity index (χ0) is 17.4. The predicted molar refractivity (Wildman–Crippen MR) is 92.1 cm³/mol. The van der Waals surface area contributed by atoms with Crippen molar-refractivity contribution < 1.29 is 14.3 Å². The molecule has 128 valence electrons. The molecule has 2 N–H and O–H groups in total. The lowest BCUT2D eigenvalue weighted by Gasteiger charge is -2.10. The molecule has 0 aliphatic heterocycles. The van der Waals surface area contributed by atoms with Crippen LogP contribution in [0.4, 0.5) is 11.5 Å². The molecule has 0 aliphatic rings. The van der Waals surface area contributed by atoms with Crippen LogP contribution in [0.15, 0.2) is 30.3 Å². The van der Waals surface area contributed by atoms with Crippen LogP contribution < -0.4 is 20.1 Å². The van der Waals surface area contributed by atoms with E-state index < -0.39 is 0 Å². The molecule has 0 bridgehead atoms. The van der Waals surface area contributed by atoms with Gasteiger partial charge in [0, 0.05) is 18.3 Å². The molecule has 0 fully saturated rings. The maximum atomic E-state index is 11.9. The molecule has 24 heavy (non-hydrogen) atoms. The van der Waals surface area contributed by atoms with Crippen LogP contribution >= 0.6 is 0 Å². The van der Waals surface area contributed by atoms with Crippen LogP contribution in [-0.2, 0) is 0 Å². The molecule has 0 aliphatic carbocycles. The quantitative estimate of drug-likeness (QED) is 0.724. The minimum atomic E-state index is -0.214. The summed E-state index contributed by atoms with van der Waals surface area (Å²) in [6.07, 6.45) is 1.97. The van der Waals surface area contributed by atoms with Crippen LogP contribution in [0.3, 0.4) is 0 Å². The maximum absolute atomic E-state index is 11.9. The Morgan fingerprint density at radius 3 is 2.50 bits per heavy atom. The number of carbonyl (C=O) groups is 1. The molecule has 1 aromatic carbocycles. The highest BCUT2D eigenvalue weighted by Gasteiger charge is 2.08. The molecule has 0 saturated carbocycles. The Kier molecular flexibility index (Phi) is 6.36. The van der Waals surface area contributed by atoms with Gasteiger partial charge >= 0.3 is 0 Å². The van der Waals surface area contributed by atoms with Crippen molar-refractivity contribution in [2.24, 2.45) is 0 Å². The molecule has 1 aromatic heterocycles. The van der Waals surface area contributed by atoms with Crippen LogP contribution in [0.1, 0.15) is 30.3 Å². The largest absolute Gasteiger partial charge is 0.493 e. The first-order chi connectivity index (χ1) is 11.7. The summed E-state index contributed by atoms with van der Waals surface area (Å²) in [7, 11) is 3.16. The van der Waals surface area contributed by atoms with Gasteiger partial charge in [0.25, 0.3) is 5.91 Å². The Labute approximate surface area is 141 Å². The van der Waals surface area contributed by atoms with Gasteiger partial charge < -0.3 is 20.1 Å². The second kappa shape index (κ2) is 8.71. The van der Waals surface area contributed by atoms with E-state index in [2.05, 4.69) is 27.8 Å². The molecule has 7 nitrogen and oxygen atoms in total. The van der Waals surface area contributed by atoms with Crippen molar-refractivity contribution in [2.45, 2.75) is 19.8 Å². The molecule has 2 aromatic rings. The van der Waals surface area contributed by atoms with Gasteiger partial charge in [-0.2, -0.15) is 0 Å². The number of aromatic nitrogens is 2. The standard InChI is InChI=1S/C17H22N4O3/c1-4-5-10-18-17(22)13-7-9-16(21-20-13)19-12-6-8-14(23-2)15(11-12)24-3/h6-9,11H,4-5,10H2,1-3H3,(H,18,22)(H,19,21). The molecule has 0 atom stereocenters. The van der Waals surface area contributed by atoms with Gasteiger partial charge in [0.15, 0.2) is 23.0 Å². The highest BCUT2D eigenvalue weighted by molar-refractivity contribution is 5.92. The smallest absolute Gasteiger partial charge is 0.271 e. The molecule has 1 amide bonds. The van der Waals surface area contributed by atoms with E-state index in [1.165, 1.54) is 0 Å². The number of nitrogens with zero attached hydrogens (tertiary/aromatic N) is 2. The summed E-state index contributed by atoms with van der Waals surface area (Å²) in [5.41, 5.74) is 1.08. The monoisotopic (exact) mass is 330 g/mol. The maximum Gasteiger partial charge on any atom is 0.271 e. The Morgan fingerprint density at radius 1 is 1.08 bits per heavy atom. The normalized spacial score (nSPS) is 10.1. The van der Waals surface area contributed by atoms with Crippen molar-refractivity contribution in [1.82, 2.24) is 15.5 Å². The average Bonchev–Trinajstić information content (AvgIpc) is 2.62. The number of hydrogen-bond donors (Lipinski definition) is 2. The van der Waals surface area contributed by atoms with Crippen molar-refractivity contribution in [3.05, 3.63) is 36.0 Å². The highest BCUT2D eigenvalue weighted by atomic mass is 16.5. The molecule has 0 spiro atoms. The molecule has 2 rings (SSSR count). The van der Waals surface area contributed by atoms with Crippen LogP contribution in [-0.4, -0.2) is 36.9 Å². The molecular formula is C17H22N4O3. The van der Waals surface area contributed by atoms with Crippen molar-refractivity contribution in [3.8, 4) is 11.5 Å². The van der Waals surface area contributed by atoms with Gasteiger partial charge in [-0.15, -0.1) is 10.2 Å². The molecule has 0 radical (unpaired) electrons. The van der Waals surface area contributed by atoms with Crippen LogP contribution in [0, 0.1) is 0 Å². The van der Waals surface area contributed by atoms with Crippen LogP contribution in [0.25, 0.3) is 0 Å². The van der Waals surface area contributed by atoms with Crippen molar-refractivity contribution in [1.29, 1.82) is 0 Å². The number of amides is 1. The minimum Gasteiger partial charge on any atom is -0.493 e. The number of unbranched alkanes of at least 4 members (excludes halogenated alkanes) is 1. The Morgan fingerprint density at radius 2 is 1.88 bits per heavy atom. The number of benzene rings is 1. The molecule has 7 heteroatoms. The third-order valence-electron chi connectivity index (χ3n) is 3.37. The summed E-state index contributed by atoms with van der Waals surface area (Å²) in [6, 6.07) is 8.78. The minimum absolute atomic E-state index is 0.214. The van der Waals surface area contributed by atoms with Gasteiger partial charge in [-0.05, 0) is 30.7 Å². The number of methoxy groups -OCH3 is 2. The van der Waals surface area contributed by atoms with E-state index in [1.54, 1.807) is 38.5 Å². The lowest BCUT2D eigenvalue weighted by molar-refractivity contribution is 0.0947. The summed E-state index contributed by atoms with van der Waals surface area (Å²) < 4.78 is 10.5. The second-order valence-corrected chi connectivity index (χ2v) is 5.11. The number of ether oxygens (including phenoxy) is 2. The fraction of sp³-hybridized carbons (Fsp3) is 0.353. The summed E-state index contributed by atoms with van der Waals surface area (Å²) in [5.74, 6) is 1.58. The van der Waals surface area contributed by atoms with E-state index in [9.17, 15) is 4.79 Å². The van der Waals surface area contributed by atoms with Gasteiger partial charge in [0.1, 0.15) is 0 Å². The van der Waals surface area contributed by atoms with Gasteiger partial charge in [-0.3, -0.25) is 4.79 Å². The zero-order valence-corrected chi connectivity index (χ0v) is 14.1. The van der Waals surface area contributed by atoms with Crippen molar-refractivity contribution >= 4 is 17.4 Å². The first-order valence-electron chi connectivity index (χ1n) is 7.79. The fourth-order valence-corrected chi connectivity index (χ4v) is 2.05. The van der Waals surface area contributed by atoms with Gasteiger partial charge in [0.2, 0.25) is 0 Å². The highest BCUT2D eigenvalue weighted by Crippen LogP contribution is 2.30. The third-order valence-corrected chi connectivity index (χ3v) is 3.37. The van der Waals surface area contributed by atoms with Gasteiger partial charge in [-0.1, -0.05) is 13.3 Å². The van der Waals surface area contributed by atoms with Gasteiger partial charge in [-0.25, -0.2) is 0 Å². The topological polar surface area (TPSA) is 85.4 Å². The van der Waals surface area contributed by atoms with E-state index in [1.807, 2.05) is 6.07 Å². The Balaban J connectivity index is 2.02. The van der Waals surface area contributed by atoms with Gasteiger partial charge in [0.05, 0.1) is 14.2 Å². The number of anilines is 2. The van der Waals surface area contributed by atoms with E-state index in [-0.39, 0.29) is 5.91 Å². The lowest BCUT2D eigenvalue weighted by atomic mass is 10.2. The second-order valence-electron chi connectivity index (χ2n) is 5.11. The summed E-state index contributed by atoms with van der Waals surface area (Å²) in [5, 5.41) is 13.9.